The molecular weight excluding hydrogens is 270 g/mol. The lowest BCUT2D eigenvalue weighted by molar-refractivity contribution is 0.282. The van der Waals surface area contributed by atoms with E-state index in [1.165, 1.54) is 17.8 Å². The van der Waals surface area contributed by atoms with E-state index < -0.39 is 10.0 Å². The van der Waals surface area contributed by atoms with Crippen LogP contribution in [0.15, 0.2) is 16.3 Å². The summed E-state index contributed by atoms with van der Waals surface area (Å²) in [7, 11) is -3.40. The van der Waals surface area contributed by atoms with Crippen LogP contribution < -0.4 is 0 Å². The maximum atomic E-state index is 12.5. The van der Waals surface area contributed by atoms with Crippen LogP contribution in [0.1, 0.15) is 24.1 Å². The summed E-state index contributed by atoms with van der Waals surface area (Å²) in [6.07, 6.45) is 3.56. The highest BCUT2D eigenvalue weighted by Crippen LogP contribution is 2.40. The third-order valence-corrected chi connectivity index (χ3v) is 7.11. The summed E-state index contributed by atoms with van der Waals surface area (Å²) in [4.78, 5) is 0.849. The van der Waals surface area contributed by atoms with E-state index in [0.717, 1.165) is 12.8 Å². The second-order valence-corrected chi connectivity index (χ2v) is 8.05. The molecule has 100 valence electrons. The van der Waals surface area contributed by atoms with Gasteiger partial charge < -0.3 is 5.11 Å². The highest BCUT2D eigenvalue weighted by atomic mass is 32.2. The van der Waals surface area contributed by atoms with Crippen molar-refractivity contribution in [3.05, 3.63) is 16.3 Å². The number of aliphatic hydroxyl groups is 1. The Morgan fingerprint density at radius 3 is 2.61 bits per heavy atom. The summed E-state index contributed by atoms with van der Waals surface area (Å²) in [5.74, 6) is 1.10. The molecule has 0 spiro atoms. The molecule has 1 saturated carbocycles. The molecule has 6 heteroatoms. The van der Waals surface area contributed by atoms with Crippen LogP contribution in [-0.2, 0) is 16.6 Å². The maximum Gasteiger partial charge on any atom is 0.244 e. The van der Waals surface area contributed by atoms with E-state index in [9.17, 15) is 13.5 Å². The molecule has 1 aliphatic heterocycles. The van der Waals surface area contributed by atoms with Crippen molar-refractivity contribution in [3.63, 3.8) is 0 Å². The van der Waals surface area contributed by atoms with Gasteiger partial charge >= 0.3 is 0 Å². The average Bonchev–Trinajstić information content (AvgIpc) is 3.03. The van der Waals surface area contributed by atoms with E-state index in [-0.39, 0.29) is 6.61 Å². The van der Waals surface area contributed by atoms with Gasteiger partial charge in [0.25, 0.3) is 0 Å². The minimum Gasteiger partial charge on any atom is -0.391 e. The Morgan fingerprint density at radius 2 is 2.00 bits per heavy atom. The first-order chi connectivity index (χ1) is 8.63. The predicted octanol–water partition coefficient (Wildman–Crippen LogP) is 1.66. The molecule has 0 amide bonds. The molecule has 18 heavy (non-hydrogen) atoms. The Labute approximate surface area is 111 Å². The monoisotopic (exact) mass is 287 g/mol. The first-order valence-electron chi connectivity index (χ1n) is 6.30. The molecule has 2 heterocycles. The molecule has 0 bridgehead atoms. The second-order valence-electron chi connectivity index (χ2n) is 5.14. The van der Waals surface area contributed by atoms with Crippen molar-refractivity contribution in [2.45, 2.75) is 30.8 Å². The van der Waals surface area contributed by atoms with Crippen molar-refractivity contribution in [1.29, 1.82) is 0 Å². The topological polar surface area (TPSA) is 57.6 Å². The van der Waals surface area contributed by atoms with Gasteiger partial charge in [0, 0.05) is 18.0 Å². The van der Waals surface area contributed by atoms with Gasteiger partial charge in [0.05, 0.1) is 11.5 Å². The standard InChI is InChI=1S/C12H17NO3S2/c14-8-11-12(4-5-17-11)18(15,16)13-6-9-2-1-3-10(9)7-13/h4-5,9-10,14H,1-3,6-8H2. The van der Waals surface area contributed by atoms with Gasteiger partial charge in [-0.25, -0.2) is 8.42 Å². The number of rotatable bonds is 3. The van der Waals surface area contributed by atoms with Gasteiger partial charge in [-0.1, -0.05) is 6.42 Å². The maximum absolute atomic E-state index is 12.5. The van der Waals surface area contributed by atoms with E-state index >= 15 is 0 Å². The number of fused-ring (bicyclic) bond motifs is 1. The minimum absolute atomic E-state index is 0.201. The fraction of sp³-hybridized carbons (Fsp3) is 0.667. The molecule has 2 fully saturated rings. The normalized spacial score (nSPS) is 28.7. The summed E-state index contributed by atoms with van der Waals surface area (Å²) < 4.78 is 26.7. The highest BCUT2D eigenvalue weighted by Gasteiger charge is 2.42. The zero-order valence-corrected chi connectivity index (χ0v) is 11.7. The van der Waals surface area contributed by atoms with E-state index in [0.29, 0.717) is 34.7 Å². The van der Waals surface area contributed by atoms with Gasteiger partial charge in [-0.3, -0.25) is 0 Å². The van der Waals surface area contributed by atoms with Crippen LogP contribution in [0.3, 0.4) is 0 Å². The van der Waals surface area contributed by atoms with Gasteiger partial charge in [-0.05, 0) is 36.1 Å². The van der Waals surface area contributed by atoms with Gasteiger partial charge in [0.15, 0.2) is 0 Å². The Balaban J connectivity index is 1.88. The third-order valence-electron chi connectivity index (χ3n) is 4.16. The summed E-state index contributed by atoms with van der Waals surface area (Å²) in [5.41, 5.74) is 0. The molecule has 2 aliphatic rings. The molecule has 4 nitrogen and oxygen atoms in total. The SMILES string of the molecule is O=S(=O)(c1ccsc1CO)N1CC2CCCC2C1. The molecule has 0 radical (unpaired) electrons. The van der Waals surface area contributed by atoms with Crippen molar-refractivity contribution in [1.82, 2.24) is 4.31 Å². The Hall–Kier alpha value is -0.430. The first-order valence-corrected chi connectivity index (χ1v) is 8.62. The lowest BCUT2D eigenvalue weighted by Crippen LogP contribution is -2.30. The summed E-state index contributed by atoms with van der Waals surface area (Å²) >= 11 is 1.30. The number of aliphatic hydroxyl groups excluding tert-OH is 1. The average molecular weight is 287 g/mol. The lowest BCUT2D eigenvalue weighted by Gasteiger charge is -2.17. The van der Waals surface area contributed by atoms with Crippen molar-refractivity contribution in [2.24, 2.45) is 11.8 Å². The molecule has 1 saturated heterocycles. The molecule has 1 aromatic heterocycles. The third kappa shape index (κ3) is 1.91. The summed E-state index contributed by atoms with van der Waals surface area (Å²) in [6, 6.07) is 1.61. The van der Waals surface area contributed by atoms with Crippen LogP contribution in [0.2, 0.25) is 0 Å². The molecule has 2 unspecified atom stereocenters. The largest absolute Gasteiger partial charge is 0.391 e. The van der Waals surface area contributed by atoms with Crippen molar-refractivity contribution < 1.29 is 13.5 Å². The van der Waals surface area contributed by atoms with E-state index in [1.807, 2.05) is 0 Å². The van der Waals surface area contributed by atoms with Crippen molar-refractivity contribution in [2.75, 3.05) is 13.1 Å². The van der Waals surface area contributed by atoms with Crippen LogP contribution in [0, 0.1) is 11.8 Å². The van der Waals surface area contributed by atoms with Crippen molar-refractivity contribution in [3.8, 4) is 0 Å². The van der Waals surface area contributed by atoms with Crippen molar-refractivity contribution >= 4 is 21.4 Å². The first kappa shape index (κ1) is 12.6. The number of thiophene rings is 1. The minimum atomic E-state index is -3.40. The molecule has 1 aliphatic carbocycles. The van der Waals surface area contributed by atoms with E-state index in [4.69, 9.17) is 0 Å². The van der Waals surface area contributed by atoms with Crippen LogP contribution >= 0.6 is 11.3 Å². The molecule has 1 aromatic rings. The Bertz CT molecular complexity index is 525. The van der Waals surface area contributed by atoms with Gasteiger partial charge in [-0.15, -0.1) is 11.3 Å². The predicted molar refractivity (Wildman–Crippen MR) is 69.8 cm³/mol. The number of hydrogen-bond acceptors (Lipinski definition) is 4. The van der Waals surface area contributed by atoms with Gasteiger partial charge in [0.2, 0.25) is 10.0 Å². The molecule has 2 atom stereocenters. The molecule has 3 rings (SSSR count). The second kappa shape index (κ2) is 4.59. The smallest absolute Gasteiger partial charge is 0.244 e. The quantitative estimate of drug-likeness (QED) is 0.920. The molecule has 0 aromatic carbocycles. The van der Waals surface area contributed by atoms with Crippen LogP contribution in [0.5, 0.6) is 0 Å². The zero-order chi connectivity index (χ0) is 12.8. The fourth-order valence-corrected chi connectivity index (χ4v) is 6.02. The Morgan fingerprint density at radius 1 is 1.33 bits per heavy atom. The zero-order valence-electron chi connectivity index (χ0n) is 10.1. The fourth-order valence-electron chi connectivity index (χ4n) is 3.20. The van der Waals surface area contributed by atoms with Gasteiger partial charge in [0.1, 0.15) is 0 Å². The van der Waals surface area contributed by atoms with Crippen LogP contribution in [-0.4, -0.2) is 30.9 Å². The van der Waals surface area contributed by atoms with Gasteiger partial charge in [-0.2, -0.15) is 4.31 Å². The Kier molecular flexibility index (Phi) is 3.21. The number of hydrogen-bond donors (Lipinski definition) is 1. The number of nitrogens with zero attached hydrogens (tertiary/aromatic N) is 1. The van der Waals surface area contributed by atoms with Crippen LogP contribution in [0.4, 0.5) is 0 Å². The number of sulfonamides is 1. The summed E-state index contributed by atoms with van der Waals surface area (Å²) in [5, 5.41) is 10.9. The molecular formula is C12H17NO3S2. The van der Waals surface area contributed by atoms with Crippen LogP contribution in [0.25, 0.3) is 0 Å². The van der Waals surface area contributed by atoms with E-state index in [1.54, 1.807) is 15.8 Å². The lowest BCUT2D eigenvalue weighted by atomic mass is 10.0. The highest BCUT2D eigenvalue weighted by molar-refractivity contribution is 7.89. The molecule has 1 N–H and O–H groups in total. The summed E-state index contributed by atoms with van der Waals surface area (Å²) in [6.45, 7) is 1.12. The van der Waals surface area contributed by atoms with E-state index in [2.05, 4.69) is 0 Å².